The van der Waals surface area contributed by atoms with E-state index in [1.807, 2.05) is 18.2 Å². The molecule has 70 valence electrons. The second kappa shape index (κ2) is 5.01. The maximum absolute atomic E-state index is 11.1. The third-order valence-electron chi connectivity index (χ3n) is 1.31. The van der Waals surface area contributed by atoms with Crippen molar-refractivity contribution in [2.24, 2.45) is 0 Å². The summed E-state index contributed by atoms with van der Waals surface area (Å²) >= 11 is 10.4. The molecule has 0 unspecified atom stereocenters. The molecular weight excluding hydrogens is 213 g/mol. The monoisotopic (exact) mass is 220 g/mol. The maximum Gasteiger partial charge on any atom is 0.302 e. The van der Waals surface area contributed by atoms with Gasteiger partial charge in [-0.05, 0) is 4.05 Å². The Morgan fingerprint density at radius 3 is 2.46 bits per heavy atom. The fraction of sp³-hybridized carbons (Fsp3) is 0.143. The van der Waals surface area contributed by atoms with Crippen LogP contribution in [0.3, 0.4) is 0 Å². The number of pyridine rings is 1. The van der Waals surface area contributed by atoms with E-state index in [9.17, 15) is 4.79 Å². The Hall–Kier alpha value is -0.840. The Kier molecular flexibility index (Phi) is 3.95. The molecule has 0 fully saturated rings. The van der Waals surface area contributed by atoms with Crippen LogP contribution in [0.25, 0.3) is 0 Å². The Morgan fingerprint density at radius 1 is 1.31 bits per heavy atom. The lowest BCUT2D eigenvalue weighted by Crippen LogP contribution is -2.43. The van der Waals surface area contributed by atoms with E-state index in [-0.39, 0.29) is 12.5 Å². The number of carbonyl (C=O) groups excluding carboxylic acids is 1. The number of hydrogen-bond donors (Lipinski definition) is 1. The molecule has 0 radical (unpaired) electrons. The van der Waals surface area contributed by atoms with Crippen LogP contribution < -0.4 is 9.99 Å². The first kappa shape index (κ1) is 10.2. The Morgan fingerprint density at radius 2 is 1.92 bits per heavy atom. The van der Waals surface area contributed by atoms with Gasteiger partial charge in [-0.3, -0.25) is 10.2 Å². The molecule has 1 aromatic rings. The summed E-state index contributed by atoms with van der Waals surface area (Å²) in [6.07, 6.45) is 3.54. The minimum absolute atomic E-state index is 0.177. The molecule has 1 rings (SSSR count). The van der Waals surface area contributed by atoms with Crippen molar-refractivity contribution in [2.45, 2.75) is 6.54 Å². The van der Waals surface area contributed by atoms with E-state index in [4.69, 9.17) is 23.6 Å². The highest BCUT2D eigenvalue weighted by Crippen LogP contribution is 1.90. The largest absolute Gasteiger partial charge is 0.302 e. The summed E-state index contributed by atoms with van der Waals surface area (Å²) < 4.78 is 2.28. The van der Waals surface area contributed by atoms with Gasteiger partial charge in [-0.15, -0.1) is 0 Å². The van der Waals surface area contributed by atoms with Crippen LogP contribution in [0.4, 0.5) is 0 Å². The first-order valence-corrected chi connectivity index (χ1v) is 4.21. The first-order valence-electron chi connectivity index (χ1n) is 3.54. The molecule has 0 aliphatic rings. The molecule has 0 bridgehead atoms. The first-order chi connectivity index (χ1) is 6.18. The highest BCUT2D eigenvalue weighted by Gasteiger charge is 2.09. The Labute approximate surface area is 85.9 Å². The number of nitrogens with zero attached hydrogens (tertiary/aromatic N) is 2. The van der Waals surface area contributed by atoms with Gasteiger partial charge < -0.3 is 0 Å². The average molecular weight is 221 g/mol. The molecule has 1 N–H and O–H groups in total. The molecule has 13 heavy (non-hydrogen) atoms. The lowest BCUT2D eigenvalue weighted by molar-refractivity contribution is -0.684. The van der Waals surface area contributed by atoms with Crippen LogP contribution in [-0.2, 0) is 11.3 Å². The van der Waals surface area contributed by atoms with E-state index in [2.05, 4.69) is 5.43 Å². The van der Waals surface area contributed by atoms with Crippen molar-refractivity contribution < 1.29 is 9.36 Å². The second-order valence-corrected chi connectivity index (χ2v) is 3.16. The van der Waals surface area contributed by atoms with Crippen molar-refractivity contribution in [3.63, 3.8) is 0 Å². The van der Waals surface area contributed by atoms with Crippen molar-refractivity contribution in [2.75, 3.05) is 0 Å². The fourth-order valence-electron chi connectivity index (χ4n) is 0.835. The van der Waals surface area contributed by atoms with Crippen LogP contribution in [0, 0.1) is 0 Å². The lowest BCUT2D eigenvalue weighted by Gasteiger charge is -2.03. The van der Waals surface area contributed by atoms with Crippen LogP contribution in [0.2, 0.25) is 0 Å². The Balaban J connectivity index is 2.46. The van der Waals surface area contributed by atoms with Crippen LogP contribution >= 0.6 is 23.6 Å². The summed E-state index contributed by atoms with van der Waals surface area (Å²) in [5.74, 6) is -0.291. The molecule has 0 atom stereocenters. The second-order valence-electron chi connectivity index (χ2n) is 2.32. The van der Waals surface area contributed by atoms with Gasteiger partial charge >= 0.3 is 5.91 Å². The fourth-order valence-corrected chi connectivity index (χ4v) is 1.02. The van der Waals surface area contributed by atoms with Gasteiger partial charge in [0.25, 0.3) is 0 Å². The van der Waals surface area contributed by atoms with Gasteiger partial charge in [0.05, 0.1) is 0 Å². The van der Waals surface area contributed by atoms with E-state index < -0.39 is 0 Å². The van der Waals surface area contributed by atoms with E-state index >= 15 is 0 Å². The topological polar surface area (TPSA) is 36.2 Å². The number of aromatic nitrogens is 1. The van der Waals surface area contributed by atoms with Crippen LogP contribution in [-0.4, -0.2) is 9.95 Å². The number of amides is 1. The van der Waals surface area contributed by atoms with Crippen molar-refractivity contribution in [3.8, 4) is 0 Å². The SMILES string of the molecule is O=C(C[n+]1ccccc1)NN(Cl)Cl. The molecular formula is C7H8Cl2N3O+. The van der Waals surface area contributed by atoms with Crippen molar-refractivity contribution in [3.05, 3.63) is 30.6 Å². The molecule has 1 amide bonds. The number of rotatable bonds is 3. The normalized spacial score (nSPS) is 10.1. The van der Waals surface area contributed by atoms with Gasteiger partial charge in [-0.1, -0.05) is 6.07 Å². The van der Waals surface area contributed by atoms with Gasteiger partial charge in [-0.25, -0.2) is 0 Å². The average Bonchev–Trinajstić information content (AvgIpc) is 2.04. The standard InChI is InChI=1S/C7H7Cl2N3O/c8-12(9)10-7(13)6-11-4-2-1-3-5-11/h1-5H,6H2/p+1. The van der Waals surface area contributed by atoms with E-state index in [0.29, 0.717) is 4.05 Å². The Bertz CT molecular complexity index is 278. The van der Waals surface area contributed by atoms with Crippen molar-refractivity contribution >= 4 is 29.5 Å². The van der Waals surface area contributed by atoms with E-state index in [1.54, 1.807) is 17.0 Å². The van der Waals surface area contributed by atoms with Crippen molar-refractivity contribution in [1.82, 2.24) is 9.47 Å². The number of hydrogen-bond acceptors (Lipinski definition) is 2. The van der Waals surface area contributed by atoms with Gasteiger partial charge in [-0.2, -0.15) is 4.57 Å². The number of carbonyl (C=O) groups is 1. The van der Waals surface area contributed by atoms with E-state index in [0.717, 1.165) is 0 Å². The predicted octanol–water partition coefficient (Wildman–Crippen LogP) is 0.615. The van der Waals surface area contributed by atoms with Gasteiger partial charge in [0, 0.05) is 35.7 Å². The van der Waals surface area contributed by atoms with Gasteiger partial charge in [0.2, 0.25) is 6.54 Å². The molecule has 0 saturated heterocycles. The molecule has 1 aromatic heterocycles. The van der Waals surface area contributed by atoms with Gasteiger partial charge in [0.1, 0.15) is 0 Å². The van der Waals surface area contributed by atoms with Crippen LogP contribution in [0.5, 0.6) is 0 Å². The summed E-state index contributed by atoms with van der Waals surface area (Å²) in [4.78, 5) is 11.1. The van der Waals surface area contributed by atoms with Crippen LogP contribution in [0.1, 0.15) is 0 Å². The molecule has 6 heteroatoms. The number of hydrazine groups is 1. The van der Waals surface area contributed by atoms with Crippen LogP contribution in [0.15, 0.2) is 30.6 Å². The summed E-state index contributed by atoms with van der Waals surface area (Å²) in [6.45, 7) is 0.177. The smallest absolute Gasteiger partial charge is 0.266 e. The maximum atomic E-state index is 11.1. The van der Waals surface area contributed by atoms with Crippen molar-refractivity contribution in [1.29, 1.82) is 0 Å². The zero-order chi connectivity index (χ0) is 9.68. The predicted molar refractivity (Wildman–Crippen MR) is 48.3 cm³/mol. The zero-order valence-electron chi connectivity index (χ0n) is 6.65. The summed E-state index contributed by atoms with van der Waals surface area (Å²) in [5.41, 5.74) is 2.20. The van der Waals surface area contributed by atoms with E-state index in [1.165, 1.54) is 0 Å². The number of nitrogens with one attached hydrogen (secondary N) is 1. The molecule has 4 nitrogen and oxygen atoms in total. The summed E-state index contributed by atoms with van der Waals surface area (Å²) in [7, 11) is 0. The number of halogens is 2. The minimum Gasteiger partial charge on any atom is -0.266 e. The lowest BCUT2D eigenvalue weighted by atomic mass is 10.4. The summed E-state index contributed by atoms with van der Waals surface area (Å²) in [5, 5.41) is 0. The molecule has 0 saturated carbocycles. The zero-order valence-corrected chi connectivity index (χ0v) is 8.16. The quantitative estimate of drug-likeness (QED) is 0.461. The minimum atomic E-state index is -0.291. The molecule has 0 aliphatic carbocycles. The summed E-state index contributed by atoms with van der Waals surface area (Å²) in [6, 6.07) is 5.52. The van der Waals surface area contributed by atoms with Gasteiger partial charge in [0.15, 0.2) is 12.4 Å². The molecule has 0 aromatic carbocycles. The molecule has 0 spiro atoms. The third-order valence-corrected chi connectivity index (χ3v) is 1.48. The third kappa shape index (κ3) is 4.07. The highest BCUT2D eigenvalue weighted by molar-refractivity contribution is 6.33. The molecule has 0 aliphatic heterocycles. The molecule has 1 heterocycles. The highest BCUT2D eigenvalue weighted by atomic mass is 35.5.